The van der Waals surface area contributed by atoms with E-state index in [1.54, 1.807) is 18.2 Å². The van der Waals surface area contributed by atoms with Gasteiger partial charge in [0.15, 0.2) is 9.84 Å². The number of hydrogen-bond donors (Lipinski definition) is 1. The van der Waals surface area contributed by atoms with Crippen LogP contribution >= 0.6 is 0 Å². The fourth-order valence-electron chi connectivity index (χ4n) is 3.56. The van der Waals surface area contributed by atoms with Crippen molar-refractivity contribution in [3.63, 3.8) is 0 Å². The largest absolute Gasteiger partial charge is 0.481 e. The van der Waals surface area contributed by atoms with Crippen molar-refractivity contribution in [2.75, 3.05) is 39.6 Å². The fraction of sp³-hybridized carbons (Fsp3) is 0.625. The average Bonchev–Trinajstić information content (AvgIpc) is 3.14. The number of carbonyl (C=O) groups excluding carboxylic acids is 1. The number of nitrogens with zero attached hydrogens (tertiary/aromatic N) is 2. The lowest BCUT2D eigenvalue weighted by Gasteiger charge is -2.20. The number of amides is 2. The quantitative estimate of drug-likeness (QED) is 0.790. The van der Waals surface area contributed by atoms with E-state index in [-0.39, 0.29) is 30.4 Å². The molecule has 138 valence electrons. The predicted octanol–water partition coefficient (Wildman–Crippen LogP) is 0.0861. The molecule has 2 aliphatic rings. The van der Waals surface area contributed by atoms with Crippen LogP contribution in [0, 0.1) is 5.92 Å². The second kappa shape index (κ2) is 7.17. The van der Waals surface area contributed by atoms with Gasteiger partial charge in [-0.15, -0.1) is 0 Å². The van der Waals surface area contributed by atoms with E-state index in [0.29, 0.717) is 25.4 Å². The number of rotatable bonds is 5. The predicted molar refractivity (Wildman–Crippen MR) is 91.3 cm³/mol. The van der Waals surface area contributed by atoms with Crippen LogP contribution < -0.4 is 10.1 Å². The van der Waals surface area contributed by atoms with E-state index in [1.165, 1.54) is 7.11 Å². The Morgan fingerprint density at radius 1 is 1.40 bits per heavy atom. The first-order valence-electron chi connectivity index (χ1n) is 8.20. The first kappa shape index (κ1) is 17.9. The van der Waals surface area contributed by atoms with E-state index in [0.717, 1.165) is 5.56 Å². The Labute approximate surface area is 147 Å². The smallest absolute Gasteiger partial charge is 0.317 e. The van der Waals surface area contributed by atoms with Gasteiger partial charge in [-0.2, -0.15) is 0 Å². The van der Waals surface area contributed by atoms with Crippen LogP contribution in [0.1, 0.15) is 5.56 Å². The SMILES string of the molecule is COc1cc(CCNC(=O)N2C[C@H]3[C@H](OC)CS(=O)(=O)[C@H]3C2)ccn1. The molecular formula is C16H23N3O5S. The first-order valence-corrected chi connectivity index (χ1v) is 9.92. The van der Waals surface area contributed by atoms with Crippen molar-refractivity contribution in [3.05, 3.63) is 23.9 Å². The van der Waals surface area contributed by atoms with E-state index >= 15 is 0 Å². The summed E-state index contributed by atoms with van der Waals surface area (Å²) < 4.78 is 34.7. The summed E-state index contributed by atoms with van der Waals surface area (Å²) in [5.41, 5.74) is 1.01. The van der Waals surface area contributed by atoms with Gasteiger partial charge in [0.2, 0.25) is 5.88 Å². The molecule has 0 aliphatic carbocycles. The second-order valence-corrected chi connectivity index (χ2v) is 8.66. The summed E-state index contributed by atoms with van der Waals surface area (Å²) in [5.74, 6) is 0.454. The van der Waals surface area contributed by atoms with E-state index in [2.05, 4.69) is 10.3 Å². The molecule has 3 atom stereocenters. The van der Waals surface area contributed by atoms with Crippen molar-refractivity contribution in [2.45, 2.75) is 17.8 Å². The van der Waals surface area contributed by atoms with Gasteiger partial charge in [0.05, 0.1) is 24.2 Å². The standard InChI is InChI=1S/C16H23N3O5S/c1-23-13-10-25(21,22)14-9-19(8-12(13)14)16(20)18-6-4-11-3-5-17-15(7-11)24-2/h3,5,7,12-14H,4,6,8-10H2,1-2H3,(H,18,20)/t12-,13+,14-/m0/s1. The minimum absolute atomic E-state index is 0.0537. The Morgan fingerprint density at radius 3 is 2.92 bits per heavy atom. The number of methoxy groups -OCH3 is 2. The highest BCUT2D eigenvalue weighted by Crippen LogP contribution is 2.35. The number of carbonyl (C=O) groups is 1. The number of sulfone groups is 1. The molecule has 2 aliphatic heterocycles. The summed E-state index contributed by atoms with van der Waals surface area (Å²) in [6.45, 7) is 1.11. The third kappa shape index (κ3) is 3.72. The van der Waals surface area contributed by atoms with Crippen molar-refractivity contribution in [3.8, 4) is 5.88 Å². The molecule has 2 amide bonds. The van der Waals surface area contributed by atoms with Gasteiger partial charge in [0, 0.05) is 44.9 Å². The maximum atomic E-state index is 12.3. The molecule has 0 aromatic carbocycles. The van der Waals surface area contributed by atoms with Crippen molar-refractivity contribution in [2.24, 2.45) is 5.92 Å². The number of hydrogen-bond acceptors (Lipinski definition) is 6. The minimum Gasteiger partial charge on any atom is -0.481 e. The van der Waals surface area contributed by atoms with E-state index in [4.69, 9.17) is 9.47 Å². The third-order valence-electron chi connectivity index (χ3n) is 4.93. The van der Waals surface area contributed by atoms with Gasteiger partial charge in [0.25, 0.3) is 0 Å². The molecule has 2 saturated heterocycles. The van der Waals surface area contributed by atoms with Gasteiger partial charge < -0.3 is 19.7 Å². The third-order valence-corrected chi connectivity index (χ3v) is 7.15. The highest BCUT2D eigenvalue weighted by Gasteiger charge is 2.53. The van der Waals surface area contributed by atoms with Crippen molar-refractivity contribution >= 4 is 15.9 Å². The molecule has 0 radical (unpaired) electrons. The average molecular weight is 369 g/mol. The monoisotopic (exact) mass is 369 g/mol. The summed E-state index contributed by atoms with van der Waals surface area (Å²) in [6.07, 6.45) is 1.98. The summed E-state index contributed by atoms with van der Waals surface area (Å²) in [7, 11) is -0.113. The van der Waals surface area contributed by atoms with E-state index in [1.807, 2.05) is 12.1 Å². The lowest BCUT2D eigenvalue weighted by Crippen LogP contribution is -2.41. The molecule has 0 unspecified atom stereocenters. The Hall–Kier alpha value is -1.87. The molecule has 3 heterocycles. The normalized spacial score (nSPS) is 27.1. The zero-order valence-corrected chi connectivity index (χ0v) is 15.2. The van der Waals surface area contributed by atoms with E-state index in [9.17, 15) is 13.2 Å². The molecule has 1 N–H and O–H groups in total. The minimum atomic E-state index is -3.19. The van der Waals surface area contributed by atoms with Crippen molar-refractivity contribution in [1.29, 1.82) is 0 Å². The number of urea groups is 1. The molecule has 25 heavy (non-hydrogen) atoms. The number of aromatic nitrogens is 1. The Kier molecular flexibility index (Phi) is 5.14. The van der Waals surface area contributed by atoms with Gasteiger partial charge in [0.1, 0.15) is 0 Å². The topological polar surface area (TPSA) is 97.8 Å². The maximum absolute atomic E-state index is 12.3. The number of ether oxygens (including phenoxy) is 2. The number of nitrogens with one attached hydrogen (secondary N) is 1. The summed E-state index contributed by atoms with van der Waals surface area (Å²) >= 11 is 0. The van der Waals surface area contributed by atoms with Gasteiger partial charge in [-0.25, -0.2) is 18.2 Å². The summed E-state index contributed by atoms with van der Waals surface area (Å²) in [6, 6.07) is 3.45. The van der Waals surface area contributed by atoms with Gasteiger partial charge in [-0.1, -0.05) is 0 Å². The summed E-state index contributed by atoms with van der Waals surface area (Å²) in [5, 5.41) is 2.34. The molecule has 1 aromatic heterocycles. The van der Waals surface area contributed by atoms with Crippen molar-refractivity contribution < 1.29 is 22.7 Å². The van der Waals surface area contributed by atoms with Crippen molar-refractivity contribution in [1.82, 2.24) is 15.2 Å². The lowest BCUT2D eigenvalue weighted by molar-refractivity contribution is 0.0821. The first-order chi connectivity index (χ1) is 11.9. The number of likely N-dealkylation sites (tertiary alicyclic amines) is 1. The fourth-order valence-corrected chi connectivity index (χ4v) is 5.85. The molecule has 0 bridgehead atoms. The highest BCUT2D eigenvalue weighted by atomic mass is 32.2. The number of fused-ring (bicyclic) bond motifs is 1. The maximum Gasteiger partial charge on any atom is 0.317 e. The van der Waals surface area contributed by atoms with Gasteiger partial charge in [-0.05, 0) is 18.1 Å². The zero-order valence-electron chi connectivity index (χ0n) is 14.3. The molecule has 1 aromatic rings. The van der Waals surface area contributed by atoms with E-state index < -0.39 is 15.1 Å². The Balaban J connectivity index is 1.53. The molecule has 0 saturated carbocycles. The molecule has 3 rings (SSSR count). The molecular weight excluding hydrogens is 346 g/mol. The van der Waals surface area contributed by atoms with Crippen LogP contribution in [0.4, 0.5) is 4.79 Å². The van der Waals surface area contributed by atoms with Crippen LogP contribution in [-0.2, 0) is 21.0 Å². The molecule has 0 spiro atoms. The van der Waals surface area contributed by atoms with Crippen LogP contribution in [0.5, 0.6) is 5.88 Å². The van der Waals surface area contributed by atoms with Crippen LogP contribution in [0.3, 0.4) is 0 Å². The molecule has 8 nitrogen and oxygen atoms in total. The van der Waals surface area contributed by atoms with Crippen LogP contribution in [0.15, 0.2) is 18.3 Å². The Morgan fingerprint density at radius 2 is 2.20 bits per heavy atom. The van der Waals surface area contributed by atoms with Crippen LogP contribution in [0.25, 0.3) is 0 Å². The Bertz CT molecular complexity index is 739. The summed E-state index contributed by atoms with van der Waals surface area (Å²) in [4.78, 5) is 18.0. The van der Waals surface area contributed by atoms with Gasteiger partial charge >= 0.3 is 6.03 Å². The molecule has 2 fully saturated rings. The van der Waals surface area contributed by atoms with Crippen LogP contribution in [-0.4, -0.2) is 75.3 Å². The van der Waals surface area contributed by atoms with Crippen LogP contribution in [0.2, 0.25) is 0 Å². The number of pyridine rings is 1. The lowest BCUT2D eigenvalue weighted by atomic mass is 10.0. The zero-order chi connectivity index (χ0) is 18.0. The highest BCUT2D eigenvalue weighted by molar-refractivity contribution is 7.92. The molecule has 9 heteroatoms. The van der Waals surface area contributed by atoms with Gasteiger partial charge in [-0.3, -0.25) is 0 Å². The second-order valence-electron chi connectivity index (χ2n) is 6.40.